The molecule has 78 valence electrons. The summed E-state index contributed by atoms with van der Waals surface area (Å²) in [5.41, 5.74) is 5.72. The van der Waals surface area contributed by atoms with Gasteiger partial charge < -0.3 is 5.73 Å². The lowest BCUT2D eigenvalue weighted by Gasteiger charge is -2.25. The highest BCUT2D eigenvalue weighted by atomic mass is 32.1. The first-order valence-electron chi connectivity index (χ1n) is 4.68. The predicted octanol–water partition coefficient (Wildman–Crippen LogP) is 2.61. The molecule has 0 aliphatic rings. The summed E-state index contributed by atoms with van der Waals surface area (Å²) in [6, 6.07) is 3.39. The van der Waals surface area contributed by atoms with Crippen LogP contribution in [-0.2, 0) is 0 Å². The normalized spacial score (nSPS) is 14.1. The molecule has 2 N–H and O–H groups in total. The second-order valence-electron chi connectivity index (χ2n) is 4.62. The molecule has 0 spiro atoms. The summed E-state index contributed by atoms with van der Waals surface area (Å²) in [6.45, 7) is 7.94. The van der Waals surface area contributed by atoms with Crippen LogP contribution in [0.1, 0.15) is 35.3 Å². The summed E-state index contributed by atoms with van der Waals surface area (Å²) < 4.78 is 0. The van der Waals surface area contributed by atoms with Gasteiger partial charge in [-0.05, 0) is 24.5 Å². The van der Waals surface area contributed by atoms with Crippen molar-refractivity contribution in [1.29, 1.82) is 0 Å². The Hall–Kier alpha value is -0.670. The summed E-state index contributed by atoms with van der Waals surface area (Å²) in [4.78, 5) is 13.8. The zero-order valence-electron chi connectivity index (χ0n) is 9.13. The average molecular weight is 211 g/mol. The van der Waals surface area contributed by atoms with Crippen molar-refractivity contribution in [2.45, 2.75) is 33.7 Å². The van der Waals surface area contributed by atoms with Crippen LogP contribution >= 0.6 is 11.3 Å². The standard InChI is InChI=1S/C11H17NOS/c1-7-5-6-8(14-7)9(13)10(12)11(2,3)4/h5-6,10H,12H2,1-4H3. The van der Waals surface area contributed by atoms with Gasteiger partial charge in [0.15, 0.2) is 5.78 Å². The highest BCUT2D eigenvalue weighted by Crippen LogP contribution is 2.24. The fraction of sp³-hybridized carbons (Fsp3) is 0.545. The molecule has 14 heavy (non-hydrogen) atoms. The van der Waals surface area contributed by atoms with Crippen molar-refractivity contribution in [3.63, 3.8) is 0 Å². The number of aryl methyl sites for hydroxylation is 1. The predicted molar refractivity (Wildman–Crippen MR) is 60.8 cm³/mol. The van der Waals surface area contributed by atoms with Crippen LogP contribution in [0.5, 0.6) is 0 Å². The van der Waals surface area contributed by atoms with Crippen LogP contribution < -0.4 is 5.73 Å². The average Bonchev–Trinajstić information content (AvgIpc) is 2.47. The number of carbonyl (C=O) groups is 1. The smallest absolute Gasteiger partial charge is 0.189 e. The Morgan fingerprint density at radius 2 is 2.00 bits per heavy atom. The van der Waals surface area contributed by atoms with Crippen LogP contribution in [0.15, 0.2) is 12.1 Å². The maximum atomic E-state index is 11.9. The lowest BCUT2D eigenvalue weighted by atomic mass is 9.84. The van der Waals surface area contributed by atoms with Gasteiger partial charge in [-0.2, -0.15) is 0 Å². The number of hydrogen-bond donors (Lipinski definition) is 1. The minimum Gasteiger partial charge on any atom is -0.321 e. The third-order valence-corrected chi connectivity index (χ3v) is 3.21. The van der Waals surface area contributed by atoms with E-state index in [2.05, 4.69) is 0 Å². The first kappa shape index (κ1) is 11.4. The lowest BCUT2D eigenvalue weighted by Crippen LogP contribution is -2.41. The second-order valence-corrected chi connectivity index (χ2v) is 5.91. The van der Waals surface area contributed by atoms with Gasteiger partial charge in [0.1, 0.15) is 0 Å². The van der Waals surface area contributed by atoms with Crippen LogP contribution in [0, 0.1) is 12.3 Å². The van der Waals surface area contributed by atoms with Gasteiger partial charge in [0.25, 0.3) is 0 Å². The molecule has 1 aromatic heterocycles. The molecule has 0 fully saturated rings. The van der Waals surface area contributed by atoms with Crippen LogP contribution in [-0.4, -0.2) is 11.8 Å². The van der Waals surface area contributed by atoms with Crippen molar-refractivity contribution in [3.8, 4) is 0 Å². The minimum atomic E-state index is -0.416. The monoisotopic (exact) mass is 211 g/mol. The first-order valence-corrected chi connectivity index (χ1v) is 5.50. The van der Waals surface area contributed by atoms with E-state index in [-0.39, 0.29) is 11.2 Å². The number of ketones is 1. The molecular formula is C11H17NOS. The molecule has 0 amide bonds. The summed E-state index contributed by atoms with van der Waals surface area (Å²) in [7, 11) is 0. The molecule has 3 heteroatoms. The number of thiophene rings is 1. The largest absolute Gasteiger partial charge is 0.321 e. The van der Waals surface area contributed by atoms with E-state index in [0.717, 1.165) is 9.75 Å². The Morgan fingerprint density at radius 1 is 1.43 bits per heavy atom. The van der Waals surface area contributed by atoms with E-state index >= 15 is 0 Å². The second kappa shape index (κ2) is 3.83. The summed E-state index contributed by atoms with van der Waals surface area (Å²) in [5, 5.41) is 0. The molecule has 2 nitrogen and oxygen atoms in total. The Balaban J connectivity index is 2.86. The van der Waals surface area contributed by atoms with Gasteiger partial charge in [-0.1, -0.05) is 20.8 Å². The maximum Gasteiger partial charge on any atom is 0.189 e. The highest BCUT2D eigenvalue weighted by Gasteiger charge is 2.28. The number of Topliss-reactive ketones (excluding diaryl/α,β-unsaturated/α-hetero) is 1. The fourth-order valence-corrected chi connectivity index (χ4v) is 1.96. The molecule has 1 atom stereocenters. The molecule has 0 bridgehead atoms. The van der Waals surface area contributed by atoms with E-state index in [1.807, 2.05) is 39.8 Å². The van der Waals surface area contributed by atoms with Gasteiger partial charge in [-0.3, -0.25) is 4.79 Å². The lowest BCUT2D eigenvalue weighted by molar-refractivity contribution is 0.0905. The zero-order valence-corrected chi connectivity index (χ0v) is 9.94. The van der Waals surface area contributed by atoms with Crippen molar-refractivity contribution in [3.05, 3.63) is 21.9 Å². The Morgan fingerprint density at radius 3 is 2.36 bits per heavy atom. The Bertz CT molecular complexity index is 335. The Kier molecular flexibility index (Phi) is 3.12. The van der Waals surface area contributed by atoms with Gasteiger partial charge in [-0.25, -0.2) is 0 Å². The van der Waals surface area contributed by atoms with Gasteiger partial charge in [0.05, 0.1) is 10.9 Å². The quantitative estimate of drug-likeness (QED) is 0.764. The maximum absolute atomic E-state index is 11.9. The van der Waals surface area contributed by atoms with Crippen LogP contribution in [0.2, 0.25) is 0 Å². The molecular weight excluding hydrogens is 194 g/mol. The van der Waals surface area contributed by atoms with Gasteiger partial charge >= 0.3 is 0 Å². The number of carbonyl (C=O) groups excluding carboxylic acids is 1. The number of rotatable bonds is 2. The number of hydrogen-bond acceptors (Lipinski definition) is 3. The van der Waals surface area contributed by atoms with Crippen LogP contribution in [0.25, 0.3) is 0 Å². The van der Waals surface area contributed by atoms with Gasteiger partial charge in [0, 0.05) is 4.88 Å². The molecule has 0 aromatic carbocycles. The highest BCUT2D eigenvalue weighted by molar-refractivity contribution is 7.14. The molecule has 0 saturated carbocycles. The van der Waals surface area contributed by atoms with Crippen molar-refractivity contribution in [2.24, 2.45) is 11.1 Å². The van der Waals surface area contributed by atoms with E-state index in [1.165, 1.54) is 11.3 Å². The fourth-order valence-electron chi connectivity index (χ4n) is 1.11. The number of nitrogens with two attached hydrogens (primary N) is 1. The zero-order chi connectivity index (χ0) is 10.9. The molecule has 0 aliphatic heterocycles. The first-order chi connectivity index (χ1) is 6.32. The molecule has 0 saturated heterocycles. The van der Waals surface area contributed by atoms with E-state index in [1.54, 1.807) is 0 Å². The van der Waals surface area contributed by atoms with Crippen LogP contribution in [0.3, 0.4) is 0 Å². The van der Waals surface area contributed by atoms with Crippen molar-refractivity contribution < 1.29 is 4.79 Å². The summed E-state index contributed by atoms with van der Waals surface area (Å²) in [6.07, 6.45) is 0. The molecule has 0 aliphatic carbocycles. The van der Waals surface area contributed by atoms with E-state index in [4.69, 9.17) is 5.73 Å². The third kappa shape index (κ3) is 2.42. The molecule has 1 aromatic rings. The van der Waals surface area contributed by atoms with Crippen molar-refractivity contribution in [1.82, 2.24) is 0 Å². The van der Waals surface area contributed by atoms with Crippen LogP contribution in [0.4, 0.5) is 0 Å². The van der Waals surface area contributed by atoms with Gasteiger partial charge in [-0.15, -0.1) is 11.3 Å². The van der Waals surface area contributed by atoms with E-state index < -0.39 is 6.04 Å². The van der Waals surface area contributed by atoms with E-state index in [9.17, 15) is 4.79 Å². The van der Waals surface area contributed by atoms with Gasteiger partial charge in [0.2, 0.25) is 0 Å². The summed E-state index contributed by atoms with van der Waals surface area (Å²) >= 11 is 1.51. The molecule has 1 rings (SSSR count). The SMILES string of the molecule is Cc1ccc(C(=O)C(N)C(C)(C)C)s1. The van der Waals surface area contributed by atoms with Crippen molar-refractivity contribution in [2.75, 3.05) is 0 Å². The molecule has 1 heterocycles. The molecule has 0 radical (unpaired) electrons. The third-order valence-electron chi connectivity index (χ3n) is 2.20. The van der Waals surface area contributed by atoms with Crippen molar-refractivity contribution >= 4 is 17.1 Å². The summed E-state index contributed by atoms with van der Waals surface area (Å²) in [5.74, 6) is 0.0515. The van der Waals surface area contributed by atoms with E-state index in [0.29, 0.717) is 0 Å². The molecule has 1 unspecified atom stereocenters. The topological polar surface area (TPSA) is 43.1 Å². The Labute approximate surface area is 89.1 Å². The minimum absolute atomic E-state index is 0.0515.